The molecule has 1 aliphatic rings. The van der Waals surface area contributed by atoms with E-state index in [1.54, 1.807) is 45.2 Å². The van der Waals surface area contributed by atoms with Gasteiger partial charge in [0.15, 0.2) is 0 Å². The molecule has 0 aliphatic carbocycles. The van der Waals surface area contributed by atoms with Crippen molar-refractivity contribution >= 4 is 17.7 Å². The van der Waals surface area contributed by atoms with Crippen LogP contribution in [0.4, 0.5) is 10.5 Å². The van der Waals surface area contributed by atoms with Crippen molar-refractivity contribution in [2.24, 2.45) is 0 Å². The summed E-state index contributed by atoms with van der Waals surface area (Å²) in [6.07, 6.45) is 3.13. The molecule has 1 aromatic carbocycles. The van der Waals surface area contributed by atoms with Gasteiger partial charge in [-0.2, -0.15) is 0 Å². The molecule has 3 rings (SSSR count). The van der Waals surface area contributed by atoms with Crippen molar-refractivity contribution in [3.63, 3.8) is 0 Å². The Labute approximate surface area is 189 Å². The Hall–Kier alpha value is -3.29. The molecule has 2 amide bonds. The predicted octanol–water partition coefficient (Wildman–Crippen LogP) is 2.87. The quantitative estimate of drug-likeness (QED) is 0.744. The van der Waals surface area contributed by atoms with Crippen LogP contribution in [0, 0.1) is 0 Å². The van der Waals surface area contributed by atoms with Gasteiger partial charge in [0.1, 0.15) is 17.4 Å². The molecule has 172 valence electrons. The van der Waals surface area contributed by atoms with Crippen LogP contribution < -0.4 is 15.0 Å². The van der Waals surface area contributed by atoms with Gasteiger partial charge in [-0.25, -0.2) is 4.79 Å². The van der Waals surface area contributed by atoms with Gasteiger partial charge in [0, 0.05) is 45.0 Å². The van der Waals surface area contributed by atoms with Crippen molar-refractivity contribution in [1.82, 2.24) is 15.2 Å². The van der Waals surface area contributed by atoms with Gasteiger partial charge in [-0.3, -0.25) is 9.78 Å². The number of pyridine rings is 1. The van der Waals surface area contributed by atoms with E-state index in [9.17, 15) is 9.59 Å². The maximum atomic E-state index is 13.4. The zero-order valence-corrected chi connectivity index (χ0v) is 19.2. The lowest BCUT2D eigenvalue weighted by Gasteiger charge is -2.38. The minimum Gasteiger partial charge on any atom is -0.495 e. The number of anilines is 1. The number of amides is 2. The first-order valence-corrected chi connectivity index (χ1v) is 10.8. The molecule has 1 unspecified atom stereocenters. The van der Waals surface area contributed by atoms with E-state index in [2.05, 4.69) is 15.2 Å². The number of carbonyl (C=O) groups is 2. The van der Waals surface area contributed by atoms with Crippen LogP contribution >= 0.6 is 0 Å². The third-order valence-corrected chi connectivity index (χ3v) is 5.17. The van der Waals surface area contributed by atoms with Crippen molar-refractivity contribution in [2.75, 3.05) is 38.2 Å². The highest BCUT2D eigenvalue weighted by Gasteiger charge is 2.31. The largest absolute Gasteiger partial charge is 0.495 e. The Morgan fingerprint density at radius 1 is 1.09 bits per heavy atom. The number of methoxy groups -OCH3 is 1. The summed E-state index contributed by atoms with van der Waals surface area (Å²) in [7, 11) is 1.66. The van der Waals surface area contributed by atoms with Gasteiger partial charge in [0.25, 0.3) is 0 Å². The Morgan fingerprint density at radius 2 is 1.81 bits per heavy atom. The lowest BCUT2D eigenvalue weighted by molar-refractivity contribution is -0.133. The van der Waals surface area contributed by atoms with Crippen molar-refractivity contribution in [2.45, 2.75) is 38.8 Å². The number of aromatic nitrogens is 1. The first-order valence-electron chi connectivity index (χ1n) is 10.8. The number of hydrogen-bond donors (Lipinski definition) is 1. The number of piperazine rings is 1. The topological polar surface area (TPSA) is 84.0 Å². The molecular weight excluding hydrogens is 408 g/mol. The summed E-state index contributed by atoms with van der Waals surface area (Å²) in [5.74, 6) is 0.688. The molecule has 8 nitrogen and oxygen atoms in total. The predicted molar refractivity (Wildman–Crippen MR) is 123 cm³/mol. The van der Waals surface area contributed by atoms with Crippen LogP contribution in [0.15, 0.2) is 48.8 Å². The molecule has 0 saturated carbocycles. The molecule has 1 N–H and O–H groups in total. The number of alkyl carbamates (subject to hydrolysis) is 1. The maximum absolute atomic E-state index is 13.4. The van der Waals surface area contributed by atoms with E-state index in [0.29, 0.717) is 32.6 Å². The van der Waals surface area contributed by atoms with Gasteiger partial charge in [0.2, 0.25) is 5.91 Å². The SMILES string of the molecule is COc1ccccc1N1CCN(C(=O)C(Cc2cccnc2)NC(=O)OC(C)(C)C)CC1. The summed E-state index contributed by atoms with van der Waals surface area (Å²) in [6.45, 7) is 7.84. The lowest BCUT2D eigenvalue weighted by atomic mass is 10.1. The van der Waals surface area contributed by atoms with Gasteiger partial charge in [-0.05, 0) is 44.5 Å². The minimum absolute atomic E-state index is 0.126. The van der Waals surface area contributed by atoms with E-state index >= 15 is 0 Å². The summed E-state index contributed by atoms with van der Waals surface area (Å²) < 4.78 is 10.9. The van der Waals surface area contributed by atoms with Crippen molar-refractivity contribution in [3.05, 3.63) is 54.4 Å². The summed E-state index contributed by atoms with van der Waals surface area (Å²) in [5.41, 5.74) is 1.24. The fraction of sp³-hybridized carbons (Fsp3) is 0.458. The van der Waals surface area contributed by atoms with Crippen LogP contribution in [0.5, 0.6) is 5.75 Å². The van der Waals surface area contributed by atoms with Gasteiger partial charge in [-0.15, -0.1) is 0 Å². The van der Waals surface area contributed by atoms with Crippen LogP contribution in [0.3, 0.4) is 0 Å². The molecule has 1 aliphatic heterocycles. The molecule has 2 aromatic rings. The van der Waals surface area contributed by atoms with Crippen LogP contribution in [-0.2, 0) is 16.0 Å². The molecular formula is C24H32N4O4. The smallest absolute Gasteiger partial charge is 0.408 e. The second-order valence-corrected chi connectivity index (χ2v) is 8.75. The van der Waals surface area contributed by atoms with E-state index in [0.717, 1.165) is 17.0 Å². The lowest BCUT2D eigenvalue weighted by Crippen LogP contribution is -2.56. The van der Waals surface area contributed by atoms with Crippen LogP contribution in [0.2, 0.25) is 0 Å². The highest BCUT2D eigenvalue weighted by atomic mass is 16.6. The number of nitrogens with one attached hydrogen (secondary N) is 1. The van der Waals surface area contributed by atoms with Gasteiger partial charge < -0.3 is 24.6 Å². The molecule has 1 saturated heterocycles. The van der Waals surface area contributed by atoms with E-state index < -0.39 is 17.7 Å². The normalized spacial score (nSPS) is 15.1. The van der Waals surface area contributed by atoms with Crippen LogP contribution in [-0.4, -0.2) is 66.8 Å². The van der Waals surface area contributed by atoms with E-state index in [1.165, 1.54) is 0 Å². The molecule has 1 fully saturated rings. The number of hydrogen-bond acceptors (Lipinski definition) is 6. The Bertz CT molecular complexity index is 906. The fourth-order valence-electron chi connectivity index (χ4n) is 3.68. The third-order valence-electron chi connectivity index (χ3n) is 5.17. The minimum atomic E-state index is -0.730. The summed E-state index contributed by atoms with van der Waals surface area (Å²) in [6, 6.07) is 10.8. The number of ether oxygens (including phenoxy) is 2. The first-order chi connectivity index (χ1) is 15.3. The van der Waals surface area contributed by atoms with Gasteiger partial charge >= 0.3 is 6.09 Å². The molecule has 1 atom stereocenters. The zero-order valence-electron chi connectivity index (χ0n) is 19.2. The van der Waals surface area contributed by atoms with E-state index in [1.807, 2.05) is 36.4 Å². The average Bonchev–Trinajstić information content (AvgIpc) is 2.77. The van der Waals surface area contributed by atoms with E-state index in [4.69, 9.17) is 9.47 Å². The third kappa shape index (κ3) is 6.35. The Balaban J connectivity index is 1.68. The summed E-state index contributed by atoms with van der Waals surface area (Å²) in [4.78, 5) is 33.9. The van der Waals surface area contributed by atoms with Gasteiger partial charge in [-0.1, -0.05) is 18.2 Å². The Kier molecular flexibility index (Phi) is 7.56. The summed E-state index contributed by atoms with van der Waals surface area (Å²) >= 11 is 0. The highest BCUT2D eigenvalue weighted by Crippen LogP contribution is 2.28. The standard InChI is InChI=1S/C24H32N4O4/c1-24(2,3)32-23(30)26-19(16-18-8-7-11-25-17-18)22(29)28-14-12-27(13-15-28)20-9-5-6-10-21(20)31-4/h5-11,17,19H,12-16H2,1-4H3,(H,26,30). The average molecular weight is 441 g/mol. The Morgan fingerprint density at radius 3 is 2.44 bits per heavy atom. The molecule has 32 heavy (non-hydrogen) atoms. The zero-order chi connectivity index (χ0) is 23.1. The number of para-hydroxylation sites is 2. The molecule has 2 heterocycles. The molecule has 1 aromatic heterocycles. The monoisotopic (exact) mass is 440 g/mol. The van der Waals surface area contributed by atoms with Crippen molar-refractivity contribution in [1.29, 1.82) is 0 Å². The van der Waals surface area contributed by atoms with E-state index in [-0.39, 0.29) is 5.91 Å². The first kappa shape index (κ1) is 23.4. The fourth-order valence-corrected chi connectivity index (χ4v) is 3.68. The second kappa shape index (κ2) is 10.3. The molecule has 0 radical (unpaired) electrons. The van der Waals surface area contributed by atoms with Crippen molar-refractivity contribution < 1.29 is 19.1 Å². The summed E-state index contributed by atoms with van der Waals surface area (Å²) in [5, 5.41) is 2.77. The van der Waals surface area contributed by atoms with Crippen LogP contribution in [0.25, 0.3) is 0 Å². The number of carbonyl (C=O) groups excluding carboxylic acids is 2. The second-order valence-electron chi connectivity index (χ2n) is 8.75. The molecule has 8 heteroatoms. The molecule has 0 spiro atoms. The van der Waals surface area contributed by atoms with Crippen molar-refractivity contribution in [3.8, 4) is 5.75 Å². The van der Waals surface area contributed by atoms with Gasteiger partial charge in [0.05, 0.1) is 12.8 Å². The number of rotatable bonds is 6. The number of benzene rings is 1. The molecule has 0 bridgehead atoms. The number of nitrogens with zero attached hydrogens (tertiary/aromatic N) is 3. The maximum Gasteiger partial charge on any atom is 0.408 e. The highest BCUT2D eigenvalue weighted by molar-refractivity contribution is 5.86. The van der Waals surface area contributed by atoms with Crippen LogP contribution in [0.1, 0.15) is 26.3 Å².